The van der Waals surface area contributed by atoms with Crippen LogP contribution in [0.4, 0.5) is 0 Å². The summed E-state index contributed by atoms with van der Waals surface area (Å²) >= 11 is 0. The van der Waals surface area contributed by atoms with Crippen LogP contribution < -0.4 is 6.15 Å². The van der Waals surface area contributed by atoms with Crippen molar-refractivity contribution < 1.29 is 59.5 Å². The van der Waals surface area contributed by atoms with Crippen LogP contribution >= 0.6 is 0 Å². The average molecular weight is 845 g/mol. The Bertz CT molecular complexity index is 1830. The largest absolute Gasteiger partial charge is 0.478 e. The van der Waals surface area contributed by atoms with Crippen molar-refractivity contribution in [3.05, 3.63) is 169 Å². The second-order valence-electron chi connectivity index (χ2n) is 10.3. The van der Waals surface area contributed by atoms with Crippen molar-refractivity contribution in [2.45, 2.75) is 24.7 Å². The predicted octanol–water partition coefficient (Wildman–Crippen LogP) is -4.42. The summed E-state index contributed by atoms with van der Waals surface area (Å²) in [7, 11) is 0. The monoisotopic (exact) mass is 845 g/mol. The van der Waals surface area contributed by atoms with E-state index in [-0.39, 0.29) is 6.15 Å². The molecule has 4 rings (SSSR count). The number of hydrazine groups is 8. The second-order valence-corrected chi connectivity index (χ2v) is 10.3. The highest BCUT2D eigenvalue weighted by molar-refractivity contribution is 6.69. The molecule has 312 valence electrons. The minimum atomic E-state index is -6.30. The van der Waals surface area contributed by atoms with Crippen LogP contribution in [0.25, 0.3) is 0 Å². The fourth-order valence-corrected chi connectivity index (χ4v) is 5.82. The maximum atomic E-state index is 12.6. The Balaban J connectivity index is 0.00000900. The Hall–Kier alpha value is -9.82. The summed E-state index contributed by atoms with van der Waals surface area (Å²) in [5, 5.41) is 134. The van der Waals surface area contributed by atoms with Gasteiger partial charge in [-0.25, -0.2) is 40.5 Å². The lowest BCUT2D eigenvalue weighted by atomic mass is 9.70. The molecule has 4 aliphatic heterocycles. The maximum Gasteiger partial charge on any atom is 0.478 e. The zero-order valence-corrected chi connectivity index (χ0v) is 26.9. The van der Waals surface area contributed by atoms with E-state index in [9.17, 15) is 121 Å². The molecular weight excluding hydrogens is 833 g/mol. The first kappa shape index (κ1) is 42.6. The fraction of sp³-hybridized carbons (Fsp3) is 0.333. The lowest BCUT2D eigenvalue weighted by molar-refractivity contribution is -0.775. The van der Waals surface area contributed by atoms with Gasteiger partial charge in [0, 0.05) is 20.5 Å². The van der Waals surface area contributed by atoms with Crippen molar-refractivity contribution in [2.75, 3.05) is 0 Å². The summed E-state index contributed by atoms with van der Waals surface area (Å²) in [5.41, 5.74) is -8.81. The van der Waals surface area contributed by atoms with Gasteiger partial charge in [0.1, 0.15) is 0 Å². The molecule has 0 spiro atoms. The van der Waals surface area contributed by atoms with Gasteiger partial charge in [0.15, 0.2) is 20.1 Å². The van der Waals surface area contributed by atoms with E-state index >= 15 is 0 Å². The van der Waals surface area contributed by atoms with Gasteiger partial charge in [-0.1, -0.05) is 0 Å². The first-order valence-electron chi connectivity index (χ1n) is 13.3. The number of rotatable bonds is 16. The summed E-state index contributed by atoms with van der Waals surface area (Å²) in [4.78, 5) is 128. The lowest BCUT2D eigenvalue weighted by Gasteiger charge is -2.59. The summed E-state index contributed by atoms with van der Waals surface area (Å²) in [6, 6.07) is 0. The van der Waals surface area contributed by atoms with Gasteiger partial charge in [0.25, 0.3) is 0 Å². The van der Waals surface area contributed by atoms with E-state index in [0.717, 1.165) is 0 Å². The molecule has 0 aromatic carbocycles. The standard InChI is InChI=1S/C12H8BN20O24.H3N/c34-22(35)5-1-14(18(30(50)51)9(5)26(42)43)13(15-2-6(23(36)37)10(27(44)45)19(15)31(52)53,16-3-7(24(38)39)11(28(46)47)20(16)32(54)55)17-4-8(25(40)41)12(29(48)49)21(17)33(56)57;/h1-4,9-12H;1H3/q-1;/p+1. The average Bonchev–Trinajstić information content (AvgIpc) is 3.86. The molecule has 4 unspecified atom stereocenters. The molecule has 4 heterocycles. The molecule has 0 saturated heterocycles. The zero-order valence-electron chi connectivity index (χ0n) is 26.9. The predicted molar refractivity (Wildman–Crippen MR) is 158 cm³/mol. The number of hydrogen-bond acceptors (Lipinski definition) is 28. The zero-order chi connectivity index (χ0) is 43.5. The highest BCUT2D eigenvalue weighted by Crippen LogP contribution is 2.45. The molecule has 4 aliphatic rings. The molecule has 4 N–H and O–H groups in total. The molecule has 0 fully saturated rings. The smallest absolute Gasteiger partial charge is 0.369 e. The molecule has 45 nitrogen and oxygen atoms in total. The van der Waals surface area contributed by atoms with Crippen LogP contribution in [0.2, 0.25) is 0 Å². The molecule has 58 heavy (non-hydrogen) atoms. The third kappa shape index (κ3) is 5.92. The summed E-state index contributed by atoms with van der Waals surface area (Å²) in [5.74, 6) is 0. The molecule has 0 aromatic rings. The van der Waals surface area contributed by atoms with Crippen molar-refractivity contribution in [3.8, 4) is 0 Å². The van der Waals surface area contributed by atoms with E-state index in [1.165, 1.54) is 0 Å². The Morgan fingerprint density at radius 1 is 0.345 bits per heavy atom. The SMILES string of the molecule is O=[N+]([O-])C1=CN([B-](N2C=C([N+](=O)[O-])C([N+](=O)[O-])N2[N+](=O)[O-])(N2C=C([N+](=O)[O-])C([N+](=O)[O-])N2[N+](=O)[O-])N2C=C([N+](=O)[O-])C([N+](=O)[O-])N2[N+](=O)[O-])N([N+](=O)[O-])C1[N+](=O)[O-].[NH4+]. The minimum absolute atomic E-state index is 0. The van der Waals surface area contributed by atoms with Crippen molar-refractivity contribution in [1.82, 2.24) is 46.3 Å². The van der Waals surface area contributed by atoms with Crippen LogP contribution in [0.5, 0.6) is 0 Å². The van der Waals surface area contributed by atoms with Gasteiger partial charge >= 0.3 is 54.1 Å². The molecule has 46 heteroatoms. The molecule has 0 bridgehead atoms. The van der Waals surface area contributed by atoms with E-state index in [1.807, 2.05) is 0 Å². The highest BCUT2D eigenvalue weighted by Gasteiger charge is 2.77. The minimum Gasteiger partial charge on any atom is -0.369 e. The molecule has 4 atom stereocenters. The number of nitro groups is 12. The third-order valence-corrected chi connectivity index (χ3v) is 7.67. The number of hydrogen-bond donors (Lipinski definition) is 1. The number of quaternary nitrogens is 1. The Labute approximate surface area is 307 Å². The van der Waals surface area contributed by atoms with E-state index in [0.29, 0.717) is 0 Å². The van der Waals surface area contributed by atoms with Crippen molar-refractivity contribution in [1.29, 1.82) is 0 Å². The van der Waals surface area contributed by atoms with Crippen molar-refractivity contribution in [3.63, 3.8) is 0 Å². The van der Waals surface area contributed by atoms with Gasteiger partial charge in [-0.2, -0.15) is 0 Å². The summed E-state index contributed by atoms with van der Waals surface area (Å²) in [6.07, 6.45) is -17.4. The molecule has 0 saturated carbocycles. The lowest BCUT2D eigenvalue weighted by Crippen LogP contribution is -2.87. The van der Waals surface area contributed by atoms with Gasteiger partial charge < -0.3 is 25.8 Å². The third-order valence-electron chi connectivity index (χ3n) is 7.67. The summed E-state index contributed by atoms with van der Waals surface area (Å²) in [6.45, 7) is -6.30. The fourth-order valence-electron chi connectivity index (χ4n) is 5.82. The van der Waals surface area contributed by atoms with Crippen LogP contribution in [0.15, 0.2) is 47.6 Å². The van der Waals surface area contributed by atoms with Gasteiger partial charge in [-0.3, -0.25) is 80.9 Å². The Morgan fingerprint density at radius 3 is 0.603 bits per heavy atom. The van der Waals surface area contributed by atoms with Gasteiger partial charge in [0.05, 0.1) is 64.2 Å². The van der Waals surface area contributed by atoms with E-state index in [1.54, 1.807) is 0 Å². The molecule has 0 amide bonds. The van der Waals surface area contributed by atoms with Crippen LogP contribution in [-0.2, 0) is 0 Å². The van der Waals surface area contributed by atoms with Crippen molar-refractivity contribution in [2.24, 2.45) is 0 Å². The van der Waals surface area contributed by atoms with Crippen LogP contribution in [0.3, 0.4) is 0 Å². The molecular formula is C12H12BN21O24. The van der Waals surface area contributed by atoms with Gasteiger partial charge in [-0.15, -0.1) is 0 Å². The first-order chi connectivity index (χ1) is 26.3. The van der Waals surface area contributed by atoms with Crippen LogP contribution in [0.1, 0.15) is 0 Å². The normalized spacial score (nSPS) is 22.2. The quantitative estimate of drug-likeness (QED) is 0.0870. The molecule has 0 aliphatic carbocycles. The van der Waals surface area contributed by atoms with E-state index < -0.39 is 179 Å². The van der Waals surface area contributed by atoms with Gasteiger partial charge in [-0.05, 0) is 0 Å². The maximum absolute atomic E-state index is 12.6. The highest BCUT2D eigenvalue weighted by atomic mass is 16.7. The topological polar surface area (TPSA) is 580 Å². The van der Waals surface area contributed by atoms with E-state index in [2.05, 4.69) is 0 Å². The first-order valence-corrected chi connectivity index (χ1v) is 13.3. The van der Waals surface area contributed by atoms with Crippen LogP contribution in [-0.4, -0.2) is 131 Å². The van der Waals surface area contributed by atoms with Crippen molar-refractivity contribution >= 4 is 6.69 Å². The van der Waals surface area contributed by atoms with Crippen LogP contribution in [0, 0.1) is 121 Å². The number of nitrogens with zero attached hydrogens (tertiary/aromatic N) is 20. The molecule has 0 aromatic heterocycles. The van der Waals surface area contributed by atoms with E-state index in [4.69, 9.17) is 0 Å². The second kappa shape index (κ2) is 14.2. The Morgan fingerprint density at radius 2 is 0.500 bits per heavy atom. The Kier molecular flexibility index (Phi) is 10.4. The van der Waals surface area contributed by atoms with Gasteiger partial charge in [0.2, 0.25) is 0 Å². The molecule has 0 radical (unpaired) electrons. The summed E-state index contributed by atoms with van der Waals surface area (Å²) < 4.78 is 0.